The molecule has 20 heavy (non-hydrogen) atoms. The summed E-state index contributed by atoms with van der Waals surface area (Å²) in [6, 6.07) is 6.01. The van der Waals surface area contributed by atoms with Gasteiger partial charge in [-0.1, -0.05) is 17.9 Å². The Balaban J connectivity index is 2.30. The lowest BCUT2D eigenvalue weighted by atomic mass is 10.0. The lowest BCUT2D eigenvalue weighted by molar-refractivity contribution is 0.0715. The van der Waals surface area contributed by atoms with Crippen LogP contribution in [-0.4, -0.2) is 41.4 Å². The Labute approximate surface area is 124 Å². The fraction of sp³-hybridized carbons (Fsp3) is 0.438. The second-order valence-corrected chi connectivity index (χ2v) is 6.06. The molecule has 1 saturated heterocycles. The van der Waals surface area contributed by atoms with E-state index < -0.39 is 0 Å². The number of hydrogen-bond donors (Lipinski definition) is 1. The average molecular weight is 288 g/mol. The number of hydrogen-bond acceptors (Lipinski definition) is 3. The van der Waals surface area contributed by atoms with Crippen molar-refractivity contribution < 1.29 is 4.79 Å². The van der Waals surface area contributed by atoms with Crippen LogP contribution in [0.1, 0.15) is 28.4 Å². The number of benzene rings is 1. The van der Waals surface area contributed by atoms with Crippen LogP contribution < -0.4 is 5.73 Å². The molecule has 0 aromatic heterocycles. The Kier molecular flexibility index (Phi) is 5.11. The summed E-state index contributed by atoms with van der Waals surface area (Å²) in [5, 5.41) is 0. The Morgan fingerprint density at radius 3 is 3.05 bits per heavy atom. The summed E-state index contributed by atoms with van der Waals surface area (Å²) in [6.07, 6.45) is 0. The van der Waals surface area contributed by atoms with Crippen LogP contribution in [0.2, 0.25) is 0 Å². The van der Waals surface area contributed by atoms with Gasteiger partial charge in [-0.05, 0) is 31.5 Å². The zero-order chi connectivity index (χ0) is 14.5. The Hall–Kier alpha value is -1.44. The molecular weight excluding hydrogens is 268 g/mol. The lowest BCUT2D eigenvalue weighted by Gasteiger charge is -2.33. The van der Waals surface area contributed by atoms with E-state index in [9.17, 15) is 4.79 Å². The van der Waals surface area contributed by atoms with Crippen LogP contribution in [0.25, 0.3) is 0 Å². The topological polar surface area (TPSA) is 46.3 Å². The highest BCUT2D eigenvalue weighted by molar-refractivity contribution is 7.99. The molecule has 0 aliphatic carbocycles. The van der Waals surface area contributed by atoms with E-state index in [2.05, 4.69) is 18.8 Å². The van der Waals surface area contributed by atoms with Crippen LogP contribution in [0.5, 0.6) is 0 Å². The average Bonchev–Trinajstić information content (AvgIpc) is 2.46. The SMILES string of the molecule is Cc1c(C#CCN)cccc1C(=O)N1CCSCC1C. The standard InChI is InChI=1S/C16H20N2OS/c1-12-11-20-10-9-18(12)16(19)15-7-3-5-14(13(15)2)6-4-8-17/h3,5,7,12H,8-11,17H2,1-2H3. The maximum atomic E-state index is 12.7. The lowest BCUT2D eigenvalue weighted by Crippen LogP contribution is -2.44. The highest BCUT2D eigenvalue weighted by atomic mass is 32.2. The number of nitrogens with two attached hydrogens (primary N) is 1. The maximum absolute atomic E-state index is 12.7. The number of carbonyl (C=O) groups is 1. The van der Waals surface area contributed by atoms with Crippen molar-refractivity contribution in [2.75, 3.05) is 24.6 Å². The molecule has 2 N–H and O–H groups in total. The molecule has 1 unspecified atom stereocenters. The van der Waals surface area contributed by atoms with E-state index in [1.807, 2.05) is 41.8 Å². The molecule has 0 bridgehead atoms. The molecule has 4 heteroatoms. The highest BCUT2D eigenvalue weighted by Crippen LogP contribution is 2.21. The van der Waals surface area contributed by atoms with Crippen molar-refractivity contribution in [3.8, 4) is 11.8 Å². The molecule has 106 valence electrons. The van der Waals surface area contributed by atoms with Gasteiger partial charge in [-0.3, -0.25) is 4.79 Å². The zero-order valence-electron chi connectivity index (χ0n) is 12.0. The fourth-order valence-corrected chi connectivity index (χ4v) is 3.35. The third-order valence-electron chi connectivity index (χ3n) is 3.52. The summed E-state index contributed by atoms with van der Waals surface area (Å²) >= 11 is 1.91. The van der Waals surface area contributed by atoms with Gasteiger partial charge in [-0.25, -0.2) is 0 Å². The van der Waals surface area contributed by atoms with Crippen LogP contribution in [0.4, 0.5) is 0 Å². The third-order valence-corrected chi connectivity index (χ3v) is 4.71. The van der Waals surface area contributed by atoms with Crippen molar-refractivity contribution in [3.63, 3.8) is 0 Å². The van der Waals surface area contributed by atoms with E-state index in [0.717, 1.165) is 34.7 Å². The Morgan fingerprint density at radius 2 is 2.35 bits per heavy atom. The minimum Gasteiger partial charge on any atom is -0.334 e. The Morgan fingerprint density at radius 1 is 1.55 bits per heavy atom. The molecule has 1 aromatic rings. The molecule has 1 aliphatic rings. The molecule has 3 nitrogen and oxygen atoms in total. The summed E-state index contributed by atoms with van der Waals surface area (Å²) in [5.41, 5.74) is 8.00. The van der Waals surface area contributed by atoms with Crippen LogP contribution in [-0.2, 0) is 0 Å². The molecule has 2 rings (SSSR count). The number of thioether (sulfide) groups is 1. The van der Waals surface area contributed by atoms with Crippen molar-refractivity contribution in [2.24, 2.45) is 5.73 Å². The van der Waals surface area contributed by atoms with E-state index in [-0.39, 0.29) is 5.91 Å². The van der Waals surface area contributed by atoms with E-state index in [4.69, 9.17) is 5.73 Å². The van der Waals surface area contributed by atoms with Crippen LogP contribution in [0.3, 0.4) is 0 Å². The third kappa shape index (κ3) is 3.17. The molecule has 1 amide bonds. The van der Waals surface area contributed by atoms with Gasteiger partial charge in [-0.2, -0.15) is 11.8 Å². The van der Waals surface area contributed by atoms with Gasteiger partial charge in [0.05, 0.1) is 6.54 Å². The first-order valence-corrected chi connectivity index (χ1v) is 7.98. The number of nitrogens with zero attached hydrogens (tertiary/aromatic N) is 1. The van der Waals surface area contributed by atoms with Gasteiger partial charge in [-0.15, -0.1) is 0 Å². The molecule has 1 heterocycles. The first-order valence-electron chi connectivity index (χ1n) is 6.82. The quantitative estimate of drug-likeness (QED) is 0.803. The summed E-state index contributed by atoms with van der Waals surface area (Å²) < 4.78 is 0. The second kappa shape index (κ2) is 6.83. The minimum atomic E-state index is 0.117. The minimum absolute atomic E-state index is 0.117. The highest BCUT2D eigenvalue weighted by Gasteiger charge is 2.25. The van der Waals surface area contributed by atoms with Crippen molar-refractivity contribution in [2.45, 2.75) is 19.9 Å². The van der Waals surface area contributed by atoms with Gasteiger partial charge >= 0.3 is 0 Å². The monoisotopic (exact) mass is 288 g/mol. The predicted molar refractivity (Wildman–Crippen MR) is 84.9 cm³/mol. The zero-order valence-corrected chi connectivity index (χ0v) is 12.8. The van der Waals surface area contributed by atoms with Gasteiger partial charge in [0.15, 0.2) is 0 Å². The molecule has 1 aromatic carbocycles. The molecule has 0 saturated carbocycles. The molecule has 0 radical (unpaired) electrons. The molecule has 1 aliphatic heterocycles. The van der Waals surface area contributed by atoms with Crippen molar-refractivity contribution >= 4 is 17.7 Å². The molecule has 0 spiro atoms. The van der Waals surface area contributed by atoms with Gasteiger partial charge in [0, 0.05) is 35.2 Å². The first-order chi connectivity index (χ1) is 9.65. The van der Waals surface area contributed by atoms with E-state index in [1.54, 1.807) is 0 Å². The normalized spacial score (nSPS) is 18.4. The van der Waals surface area contributed by atoms with Crippen molar-refractivity contribution in [1.82, 2.24) is 4.90 Å². The van der Waals surface area contributed by atoms with Crippen LogP contribution in [0.15, 0.2) is 18.2 Å². The summed E-state index contributed by atoms with van der Waals surface area (Å²) in [6.45, 7) is 5.22. The van der Waals surface area contributed by atoms with E-state index >= 15 is 0 Å². The van der Waals surface area contributed by atoms with Crippen molar-refractivity contribution in [3.05, 3.63) is 34.9 Å². The summed E-state index contributed by atoms with van der Waals surface area (Å²) in [4.78, 5) is 14.7. The van der Waals surface area contributed by atoms with Crippen molar-refractivity contribution in [1.29, 1.82) is 0 Å². The van der Waals surface area contributed by atoms with Crippen LogP contribution in [0, 0.1) is 18.8 Å². The fourth-order valence-electron chi connectivity index (χ4n) is 2.33. The Bertz CT molecular complexity index is 559. The van der Waals surface area contributed by atoms with Gasteiger partial charge in [0.1, 0.15) is 0 Å². The number of carbonyl (C=O) groups excluding carboxylic acids is 1. The molecule has 1 fully saturated rings. The van der Waals surface area contributed by atoms with E-state index in [0.29, 0.717) is 12.6 Å². The number of amides is 1. The molecule has 1 atom stereocenters. The van der Waals surface area contributed by atoms with Gasteiger partial charge in [0.2, 0.25) is 0 Å². The van der Waals surface area contributed by atoms with E-state index in [1.165, 1.54) is 0 Å². The largest absolute Gasteiger partial charge is 0.334 e. The van der Waals surface area contributed by atoms with Gasteiger partial charge in [0.25, 0.3) is 5.91 Å². The number of rotatable bonds is 1. The predicted octanol–water partition coefficient (Wildman–Crippen LogP) is 1.88. The molecular formula is C16H20N2OS. The first kappa shape index (κ1) is 15.0. The summed E-state index contributed by atoms with van der Waals surface area (Å²) in [5.74, 6) is 8.03. The van der Waals surface area contributed by atoms with Crippen LogP contribution >= 0.6 is 11.8 Å². The smallest absolute Gasteiger partial charge is 0.254 e. The summed E-state index contributed by atoms with van der Waals surface area (Å²) in [7, 11) is 0. The van der Waals surface area contributed by atoms with Gasteiger partial charge < -0.3 is 10.6 Å². The second-order valence-electron chi connectivity index (χ2n) is 4.91. The maximum Gasteiger partial charge on any atom is 0.254 e.